The van der Waals surface area contributed by atoms with Crippen LogP contribution in [0.4, 0.5) is 0 Å². The van der Waals surface area contributed by atoms with Gasteiger partial charge in [0.05, 0.1) is 0 Å². The lowest BCUT2D eigenvalue weighted by atomic mass is 10.1. The smallest absolute Gasteiger partial charge is 0.258 e. The summed E-state index contributed by atoms with van der Waals surface area (Å²) in [7, 11) is 0. The van der Waals surface area contributed by atoms with E-state index in [0.29, 0.717) is 5.75 Å². The molecule has 0 bridgehead atoms. The zero-order valence-electron chi connectivity index (χ0n) is 12.4. The number of amides is 2. The zero-order valence-corrected chi connectivity index (χ0v) is 13.2. The fraction of sp³-hybridized carbons (Fsp3) is 0.400. The largest absolute Gasteiger partial charge is 0.484 e. The number of nitrogens with one attached hydrogen (secondary N) is 2. The van der Waals surface area contributed by atoms with Gasteiger partial charge in [0, 0.05) is 5.92 Å². The predicted molar refractivity (Wildman–Crippen MR) is 83.2 cm³/mol. The first-order valence-electron chi connectivity index (χ1n) is 6.95. The molecule has 1 fully saturated rings. The van der Waals surface area contributed by atoms with Gasteiger partial charge in [0.15, 0.2) is 11.7 Å². The van der Waals surface area contributed by atoms with Gasteiger partial charge in [-0.1, -0.05) is 43.8 Å². The molecule has 22 heavy (non-hydrogen) atoms. The zero-order chi connectivity index (χ0) is 16.1. The normalized spacial score (nSPS) is 20.0. The van der Waals surface area contributed by atoms with Crippen molar-refractivity contribution in [2.75, 3.05) is 6.61 Å². The van der Waals surface area contributed by atoms with E-state index in [1.165, 1.54) is 0 Å². The lowest BCUT2D eigenvalue weighted by Crippen LogP contribution is -2.68. The number of benzene rings is 1. The van der Waals surface area contributed by atoms with Gasteiger partial charge in [0.1, 0.15) is 17.2 Å². The van der Waals surface area contributed by atoms with Crippen molar-refractivity contribution in [3.05, 3.63) is 30.3 Å². The maximum atomic E-state index is 11.8. The van der Waals surface area contributed by atoms with E-state index in [-0.39, 0.29) is 23.5 Å². The first-order valence-corrected chi connectivity index (χ1v) is 7.83. The maximum absolute atomic E-state index is 11.8. The summed E-state index contributed by atoms with van der Waals surface area (Å²) in [6, 6.07) is 8.24. The molecule has 0 radical (unpaired) electrons. The summed E-state index contributed by atoms with van der Waals surface area (Å²) in [4.78, 5) is 35.0. The number of hydrogen-bond donors (Lipinski definition) is 2. The minimum absolute atomic E-state index is 0.0233. The number of ether oxygens (including phenoxy) is 1. The quantitative estimate of drug-likeness (QED) is 0.761. The number of hydrogen-bond acceptors (Lipinski definition) is 5. The van der Waals surface area contributed by atoms with E-state index < -0.39 is 17.3 Å². The second kappa shape index (κ2) is 7.31. The summed E-state index contributed by atoms with van der Waals surface area (Å²) in [5.41, 5.74) is 0. The summed E-state index contributed by atoms with van der Waals surface area (Å²) in [6.07, 6.45) is 0. The molecule has 0 aliphatic carbocycles. The Labute approximate surface area is 133 Å². The molecule has 2 amide bonds. The molecule has 7 heteroatoms. The summed E-state index contributed by atoms with van der Waals surface area (Å²) < 4.78 is 5.31. The molecule has 0 aromatic heterocycles. The molecule has 1 saturated heterocycles. The molecule has 1 aliphatic heterocycles. The second-order valence-corrected chi connectivity index (χ2v) is 6.31. The highest BCUT2D eigenvalue weighted by Crippen LogP contribution is 2.23. The SMILES string of the molecule is CC(C)C(=O)S[C@H]1NC(=O)[C@H]1NC(=O)COc1ccccc1. The van der Waals surface area contributed by atoms with E-state index in [0.717, 1.165) is 11.8 Å². The Morgan fingerprint density at radius 1 is 1.32 bits per heavy atom. The fourth-order valence-electron chi connectivity index (χ4n) is 1.74. The summed E-state index contributed by atoms with van der Waals surface area (Å²) in [5.74, 6) is -0.231. The first-order chi connectivity index (χ1) is 10.5. The van der Waals surface area contributed by atoms with Gasteiger partial charge in [-0.3, -0.25) is 14.4 Å². The van der Waals surface area contributed by atoms with Crippen LogP contribution in [-0.2, 0) is 14.4 Å². The molecule has 2 N–H and O–H groups in total. The van der Waals surface area contributed by atoms with Gasteiger partial charge in [-0.05, 0) is 12.1 Å². The Morgan fingerprint density at radius 2 is 2.00 bits per heavy atom. The number of thioether (sulfide) groups is 1. The molecule has 0 saturated carbocycles. The average Bonchev–Trinajstić information content (AvgIpc) is 2.51. The van der Waals surface area contributed by atoms with E-state index in [2.05, 4.69) is 10.6 Å². The van der Waals surface area contributed by atoms with Crippen LogP contribution in [0.5, 0.6) is 5.75 Å². The molecule has 6 nitrogen and oxygen atoms in total. The highest BCUT2D eigenvalue weighted by Gasteiger charge is 2.42. The van der Waals surface area contributed by atoms with Crippen LogP contribution in [0.1, 0.15) is 13.8 Å². The molecule has 1 aromatic carbocycles. The predicted octanol–water partition coefficient (Wildman–Crippen LogP) is 0.922. The van der Waals surface area contributed by atoms with Crippen LogP contribution >= 0.6 is 11.8 Å². The van der Waals surface area contributed by atoms with Gasteiger partial charge in [-0.15, -0.1) is 0 Å². The van der Waals surface area contributed by atoms with Crippen molar-refractivity contribution in [1.82, 2.24) is 10.6 Å². The topological polar surface area (TPSA) is 84.5 Å². The number of carbonyl (C=O) groups is 3. The molecule has 1 heterocycles. The van der Waals surface area contributed by atoms with Gasteiger partial charge < -0.3 is 15.4 Å². The van der Waals surface area contributed by atoms with Crippen molar-refractivity contribution in [3.63, 3.8) is 0 Å². The summed E-state index contributed by atoms with van der Waals surface area (Å²) >= 11 is 1.04. The minimum atomic E-state index is -0.695. The Balaban J connectivity index is 1.80. The molecule has 0 spiro atoms. The summed E-state index contributed by atoms with van der Waals surface area (Å²) in [6.45, 7) is 3.40. The highest BCUT2D eigenvalue weighted by atomic mass is 32.2. The third-order valence-corrected chi connectivity index (χ3v) is 4.36. The molecule has 1 aromatic rings. The van der Waals surface area contributed by atoms with Crippen molar-refractivity contribution in [1.29, 1.82) is 0 Å². The van der Waals surface area contributed by atoms with E-state index in [9.17, 15) is 14.4 Å². The van der Waals surface area contributed by atoms with Gasteiger partial charge in [0.25, 0.3) is 5.91 Å². The minimum Gasteiger partial charge on any atom is -0.484 e. The molecule has 118 valence electrons. The number of para-hydroxylation sites is 1. The maximum Gasteiger partial charge on any atom is 0.258 e. The van der Waals surface area contributed by atoms with Crippen molar-refractivity contribution in [2.45, 2.75) is 25.3 Å². The van der Waals surface area contributed by atoms with Crippen LogP contribution < -0.4 is 15.4 Å². The van der Waals surface area contributed by atoms with Crippen LogP contribution in [0.25, 0.3) is 0 Å². The van der Waals surface area contributed by atoms with Crippen molar-refractivity contribution >= 4 is 28.7 Å². The van der Waals surface area contributed by atoms with Gasteiger partial charge in [-0.25, -0.2) is 0 Å². The van der Waals surface area contributed by atoms with Crippen LogP contribution in [0.2, 0.25) is 0 Å². The van der Waals surface area contributed by atoms with E-state index in [4.69, 9.17) is 4.74 Å². The van der Waals surface area contributed by atoms with Crippen molar-refractivity contribution in [2.24, 2.45) is 5.92 Å². The molecule has 0 unspecified atom stereocenters. The first kappa shape index (κ1) is 16.4. The van der Waals surface area contributed by atoms with E-state index >= 15 is 0 Å². The average molecular weight is 322 g/mol. The van der Waals surface area contributed by atoms with E-state index in [1.807, 2.05) is 6.07 Å². The molecular formula is C15H18N2O4S. The lowest BCUT2D eigenvalue weighted by molar-refractivity contribution is -0.134. The lowest BCUT2D eigenvalue weighted by Gasteiger charge is -2.36. The molecule has 2 rings (SSSR count). The molecular weight excluding hydrogens is 304 g/mol. The third-order valence-electron chi connectivity index (χ3n) is 3.01. The standard InChI is InChI=1S/C15H18N2O4S/c1-9(2)15(20)22-14-12(13(19)17-14)16-11(18)8-21-10-6-4-3-5-7-10/h3-7,9,12,14H,8H2,1-2H3,(H,16,18)(H,17,19)/t12-,14-/m1/s1. The third kappa shape index (κ3) is 4.24. The van der Waals surface area contributed by atoms with Gasteiger partial charge in [0.2, 0.25) is 5.91 Å². The number of β-lactam (4-membered cyclic amide) rings is 1. The van der Waals surface area contributed by atoms with E-state index in [1.54, 1.807) is 38.1 Å². The van der Waals surface area contributed by atoms with Crippen LogP contribution in [0.3, 0.4) is 0 Å². The van der Waals surface area contributed by atoms with Crippen LogP contribution in [0, 0.1) is 5.92 Å². The van der Waals surface area contributed by atoms with Crippen molar-refractivity contribution < 1.29 is 19.1 Å². The number of carbonyl (C=O) groups excluding carboxylic acids is 3. The number of rotatable bonds is 6. The van der Waals surface area contributed by atoms with Gasteiger partial charge in [-0.2, -0.15) is 0 Å². The molecule has 1 aliphatic rings. The second-order valence-electron chi connectivity index (χ2n) is 5.17. The van der Waals surface area contributed by atoms with Gasteiger partial charge >= 0.3 is 0 Å². The fourth-order valence-corrected chi connectivity index (χ4v) is 2.76. The van der Waals surface area contributed by atoms with Crippen molar-refractivity contribution in [3.8, 4) is 5.75 Å². The Hall–Kier alpha value is -2.02. The Kier molecular flexibility index (Phi) is 5.43. The highest BCUT2D eigenvalue weighted by molar-refractivity contribution is 8.14. The Morgan fingerprint density at radius 3 is 2.59 bits per heavy atom. The Bertz CT molecular complexity index is 562. The van der Waals surface area contributed by atoms with Crippen LogP contribution in [0.15, 0.2) is 30.3 Å². The monoisotopic (exact) mass is 322 g/mol. The molecule has 2 atom stereocenters. The summed E-state index contributed by atoms with van der Waals surface area (Å²) in [5, 5.41) is 4.75. The van der Waals surface area contributed by atoms with Crippen LogP contribution in [-0.4, -0.2) is 35.0 Å².